The van der Waals surface area contributed by atoms with Gasteiger partial charge in [-0.15, -0.1) is 0 Å². The Balaban J connectivity index is 1.55. The van der Waals surface area contributed by atoms with Crippen molar-refractivity contribution in [2.24, 2.45) is 0 Å². The molecule has 0 spiro atoms. The first-order valence-electron chi connectivity index (χ1n) is 12.3. The Morgan fingerprint density at radius 2 is 1.82 bits per heavy atom. The summed E-state index contributed by atoms with van der Waals surface area (Å²) >= 11 is 6.02. The monoisotopic (exact) mass is 565 g/mol. The third kappa shape index (κ3) is 6.42. The Kier molecular flexibility index (Phi) is 8.31. The summed E-state index contributed by atoms with van der Waals surface area (Å²) in [5, 5.41) is 6.79. The summed E-state index contributed by atoms with van der Waals surface area (Å²) < 4.78 is 56.4. The minimum Gasteiger partial charge on any atom is -0.349 e. The standard InChI is InChI=1S/C27H28ClF4N5O2/c1-16(17-7-8-21(22(29)13-17)25(38)33-19-9-11-35(2)12-10-19)26(39)36(3)24-15-23(27(30,31)32)34-37(24)20-6-4-5-18(28)14-20/h4-8,13-16,19H,9-12H2,1-3H3,(H,33,38). The molecule has 3 aromatic rings. The van der Waals surface area contributed by atoms with E-state index >= 15 is 0 Å². The molecule has 1 aromatic heterocycles. The fourth-order valence-electron chi connectivity index (χ4n) is 4.49. The number of carbonyl (C=O) groups excluding carboxylic acids is 2. The summed E-state index contributed by atoms with van der Waals surface area (Å²) in [6.45, 7) is 3.18. The molecule has 1 fully saturated rings. The fourth-order valence-corrected chi connectivity index (χ4v) is 4.68. The highest BCUT2D eigenvalue weighted by Crippen LogP contribution is 2.34. The van der Waals surface area contributed by atoms with Crippen LogP contribution in [0.2, 0.25) is 5.02 Å². The van der Waals surface area contributed by atoms with E-state index < -0.39 is 35.4 Å². The predicted molar refractivity (Wildman–Crippen MR) is 140 cm³/mol. The van der Waals surface area contributed by atoms with E-state index in [9.17, 15) is 27.2 Å². The number of hydrogen-bond donors (Lipinski definition) is 1. The van der Waals surface area contributed by atoms with Crippen molar-refractivity contribution in [1.29, 1.82) is 0 Å². The molecule has 39 heavy (non-hydrogen) atoms. The van der Waals surface area contributed by atoms with Crippen LogP contribution in [-0.2, 0) is 11.0 Å². The van der Waals surface area contributed by atoms with Crippen LogP contribution in [-0.4, -0.2) is 59.7 Å². The van der Waals surface area contributed by atoms with Gasteiger partial charge in [0.25, 0.3) is 5.91 Å². The molecule has 0 bridgehead atoms. The highest BCUT2D eigenvalue weighted by molar-refractivity contribution is 6.30. The van der Waals surface area contributed by atoms with Gasteiger partial charge in [0.1, 0.15) is 11.6 Å². The van der Waals surface area contributed by atoms with Gasteiger partial charge in [-0.2, -0.15) is 18.3 Å². The minimum absolute atomic E-state index is 0.0483. The molecular formula is C27H28ClF4N5O2. The van der Waals surface area contributed by atoms with Crippen LogP contribution in [0.15, 0.2) is 48.5 Å². The molecule has 0 aliphatic carbocycles. The third-order valence-electron chi connectivity index (χ3n) is 6.87. The Labute approximate surface area is 228 Å². The van der Waals surface area contributed by atoms with Crippen molar-refractivity contribution in [2.45, 2.75) is 37.9 Å². The molecule has 1 saturated heterocycles. The van der Waals surface area contributed by atoms with Crippen LogP contribution in [0.5, 0.6) is 0 Å². The molecule has 12 heteroatoms. The predicted octanol–water partition coefficient (Wildman–Crippen LogP) is 5.27. The number of halogens is 5. The van der Waals surface area contributed by atoms with Gasteiger partial charge in [0, 0.05) is 24.2 Å². The number of likely N-dealkylation sites (N-methyl/N-ethyl adjacent to an activating group) is 1. The number of rotatable bonds is 6. The van der Waals surface area contributed by atoms with E-state index in [4.69, 9.17) is 11.6 Å². The Morgan fingerprint density at radius 1 is 1.13 bits per heavy atom. The van der Waals surface area contributed by atoms with Gasteiger partial charge in [-0.1, -0.05) is 23.7 Å². The number of alkyl halides is 3. The summed E-state index contributed by atoms with van der Waals surface area (Å²) in [6, 6.07) is 10.6. The van der Waals surface area contributed by atoms with Crippen LogP contribution in [0.25, 0.3) is 5.69 Å². The summed E-state index contributed by atoms with van der Waals surface area (Å²) in [6.07, 6.45) is -3.22. The number of likely N-dealkylation sites (tertiary alicyclic amines) is 1. The molecular weight excluding hydrogens is 538 g/mol. The number of benzene rings is 2. The molecule has 2 heterocycles. The van der Waals surface area contributed by atoms with E-state index in [1.54, 1.807) is 12.1 Å². The summed E-state index contributed by atoms with van der Waals surface area (Å²) in [7, 11) is 3.31. The number of aromatic nitrogens is 2. The number of nitrogens with zero attached hydrogens (tertiary/aromatic N) is 4. The highest BCUT2D eigenvalue weighted by atomic mass is 35.5. The van der Waals surface area contributed by atoms with Crippen LogP contribution in [0.1, 0.15) is 47.3 Å². The van der Waals surface area contributed by atoms with Crippen LogP contribution in [0, 0.1) is 5.82 Å². The van der Waals surface area contributed by atoms with Crippen molar-refractivity contribution in [2.75, 3.05) is 32.1 Å². The molecule has 208 valence electrons. The van der Waals surface area contributed by atoms with Gasteiger partial charge < -0.3 is 10.2 Å². The van der Waals surface area contributed by atoms with E-state index in [0.29, 0.717) is 0 Å². The summed E-state index contributed by atoms with van der Waals surface area (Å²) in [4.78, 5) is 29.2. The number of nitrogens with one attached hydrogen (secondary N) is 1. The Hall–Kier alpha value is -3.44. The normalized spacial score (nSPS) is 15.7. The first kappa shape index (κ1) is 28.6. The van der Waals surface area contributed by atoms with Gasteiger partial charge in [0.15, 0.2) is 5.69 Å². The molecule has 1 unspecified atom stereocenters. The molecule has 0 saturated carbocycles. The van der Waals surface area contributed by atoms with Crippen LogP contribution in [0.3, 0.4) is 0 Å². The van der Waals surface area contributed by atoms with Gasteiger partial charge in [-0.05, 0) is 75.8 Å². The topological polar surface area (TPSA) is 70.5 Å². The number of piperidine rings is 1. The molecule has 4 rings (SSSR count). The second-order valence-corrected chi connectivity index (χ2v) is 10.1. The van der Waals surface area contributed by atoms with Crippen LogP contribution in [0.4, 0.5) is 23.4 Å². The maximum absolute atomic E-state index is 15.0. The van der Waals surface area contributed by atoms with Crippen molar-refractivity contribution in [1.82, 2.24) is 20.0 Å². The molecule has 7 nitrogen and oxygen atoms in total. The Morgan fingerprint density at radius 3 is 2.44 bits per heavy atom. The van der Waals surface area contributed by atoms with Gasteiger partial charge >= 0.3 is 6.18 Å². The number of carbonyl (C=O) groups is 2. The largest absolute Gasteiger partial charge is 0.435 e. The lowest BCUT2D eigenvalue weighted by Gasteiger charge is -2.29. The van der Waals surface area contributed by atoms with Crippen LogP contribution < -0.4 is 10.2 Å². The average Bonchev–Trinajstić information content (AvgIpc) is 3.35. The van der Waals surface area contributed by atoms with Crippen molar-refractivity contribution in [3.8, 4) is 5.69 Å². The van der Waals surface area contributed by atoms with Crippen molar-refractivity contribution in [3.63, 3.8) is 0 Å². The molecule has 1 N–H and O–H groups in total. The smallest absolute Gasteiger partial charge is 0.349 e. The van der Waals surface area contributed by atoms with E-state index in [-0.39, 0.29) is 33.7 Å². The van der Waals surface area contributed by atoms with E-state index in [0.717, 1.165) is 47.6 Å². The number of amides is 2. The zero-order chi connectivity index (χ0) is 28.5. The van der Waals surface area contributed by atoms with Gasteiger partial charge in [0.2, 0.25) is 5.91 Å². The SMILES string of the molecule is CC(C(=O)N(C)c1cc(C(F)(F)F)nn1-c1cccc(Cl)c1)c1ccc(C(=O)NC2CCN(C)CC2)c(F)c1. The lowest BCUT2D eigenvalue weighted by Crippen LogP contribution is -2.43. The fraction of sp³-hybridized carbons (Fsp3) is 0.370. The molecule has 0 radical (unpaired) electrons. The van der Waals surface area contributed by atoms with E-state index in [2.05, 4.69) is 15.3 Å². The summed E-state index contributed by atoms with van der Waals surface area (Å²) in [5.41, 5.74) is -0.827. The second-order valence-electron chi connectivity index (χ2n) is 9.69. The average molecular weight is 566 g/mol. The lowest BCUT2D eigenvalue weighted by atomic mass is 9.97. The number of hydrogen-bond acceptors (Lipinski definition) is 4. The molecule has 1 aliphatic heterocycles. The first-order chi connectivity index (χ1) is 18.3. The molecule has 1 aliphatic rings. The molecule has 1 atom stereocenters. The minimum atomic E-state index is -4.75. The Bertz CT molecular complexity index is 1370. The quantitative estimate of drug-likeness (QED) is 0.413. The molecule has 2 amide bonds. The second kappa shape index (κ2) is 11.4. The maximum atomic E-state index is 15.0. The van der Waals surface area contributed by atoms with E-state index in [1.807, 2.05) is 7.05 Å². The van der Waals surface area contributed by atoms with Gasteiger partial charge in [-0.25, -0.2) is 9.07 Å². The van der Waals surface area contributed by atoms with Crippen molar-refractivity contribution < 1.29 is 27.2 Å². The maximum Gasteiger partial charge on any atom is 0.435 e. The lowest BCUT2D eigenvalue weighted by molar-refractivity contribution is -0.141. The zero-order valence-electron chi connectivity index (χ0n) is 21.6. The first-order valence-corrected chi connectivity index (χ1v) is 12.7. The third-order valence-corrected chi connectivity index (χ3v) is 7.11. The van der Waals surface area contributed by atoms with Gasteiger partial charge in [0.05, 0.1) is 17.2 Å². The van der Waals surface area contributed by atoms with Crippen LogP contribution >= 0.6 is 11.6 Å². The summed E-state index contributed by atoms with van der Waals surface area (Å²) in [5.74, 6) is -3.00. The van der Waals surface area contributed by atoms with E-state index in [1.165, 1.54) is 38.2 Å². The van der Waals surface area contributed by atoms with Gasteiger partial charge in [-0.3, -0.25) is 14.5 Å². The molecule has 2 aromatic carbocycles. The highest BCUT2D eigenvalue weighted by Gasteiger charge is 2.37. The van der Waals surface area contributed by atoms with Crippen molar-refractivity contribution >= 4 is 29.2 Å². The van der Waals surface area contributed by atoms with Crippen molar-refractivity contribution in [3.05, 3.63) is 76.2 Å². The number of anilines is 1. The zero-order valence-corrected chi connectivity index (χ0v) is 22.4.